The standard InChI is InChI=1S/C13H18FN3OS/c1-9(2)5-6-18-12-4-3-11(14)7-10(12)8-16-17-13(15)19/h3-4,7-9H,5-6H2,1-2H3,(H3,15,17,19). The van der Waals surface area contributed by atoms with Gasteiger partial charge in [0.15, 0.2) is 5.11 Å². The Kier molecular flexibility index (Phi) is 6.21. The van der Waals surface area contributed by atoms with E-state index in [1.54, 1.807) is 6.07 Å². The molecule has 19 heavy (non-hydrogen) atoms. The van der Waals surface area contributed by atoms with Crippen LogP contribution in [-0.2, 0) is 0 Å². The van der Waals surface area contributed by atoms with Crippen molar-refractivity contribution in [1.29, 1.82) is 0 Å². The van der Waals surface area contributed by atoms with Gasteiger partial charge in [-0.1, -0.05) is 13.8 Å². The quantitative estimate of drug-likeness (QED) is 0.478. The van der Waals surface area contributed by atoms with Gasteiger partial charge in [-0.05, 0) is 42.8 Å². The summed E-state index contributed by atoms with van der Waals surface area (Å²) in [5.41, 5.74) is 8.19. The molecule has 0 saturated carbocycles. The maximum absolute atomic E-state index is 13.2. The summed E-state index contributed by atoms with van der Waals surface area (Å²) in [6, 6.07) is 4.27. The number of hydrogen-bond donors (Lipinski definition) is 2. The fourth-order valence-corrected chi connectivity index (χ4v) is 1.37. The molecule has 0 saturated heterocycles. The van der Waals surface area contributed by atoms with Gasteiger partial charge in [-0.15, -0.1) is 0 Å². The Morgan fingerprint density at radius 2 is 2.32 bits per heavy atom. The molecule has 0 heterocycles. The highest BCUT2D eigenvalue weighted by molar-refractivity contribution is 7.80. The van der Waals surface area contributed by atoms with Crippen molar-refractivity contribution in [2.24, 2.45) is 16.8 Å². The summed E-state index contributed by atoms with van der Waals surface area (Å²) in [5.74, 6) is 0.775. The van der Waals surface area contributed by atoms with Crippen LogP contribution < -0.4 is 15.9 Å². The molecule has 1 rings (SSSR count). The molecule has 0 aliphatic rings. The third-order valence-electron chi connectivity index (χ3n) is 2.30. The van der Waals surface area contributed by atoms with Crippen molar-refractivity contribution >= 4 is 23.5 Å². The van der Waals surface area contributed by atoms with E-state index in [4.69, 9.17) is 10.5 Å². The summed E-state index contributed by atoms with van der Waals surface area (Å²) in [6.45, 7) is 4.80. The highest BCUT2D eigenvalue weighted by atomic mass is 32.1. The summed E-state index contributed by atoms with van der Waals surface area (Å²) >= 11 is 4.62. The number of halogens is 1. The minimum atomic E-state index is -0.354. The van der Waals surface area contributed by atoms with Gasteiger partial charge >= 0.3 is 0 Å². The zero-order valence-corrected chi connectivity index (χ0v) is 11.8. The monoisotopic (exact) mass is 283 g/mol. The smallest absolute Gasteiger partial charge is 0.184 e. The van der Waals surface area contributed by atoms with Crippen LogP contribution in [0.15, 0.2) is 23.3 Å². The average molecular weight is 283 g/mol. The zero-order valence-electron chi connectivity index (χ0n) is 11.0. The largest absolute Gasteiger partial charge is 0.493 e. The molecule has 0 amide bonds. The van der Waals surface area contributed by atoms with Crippen LogP contribution in [0.2, 0.25) is 0 Å². The zero-order chi connectivity index (χ0) is 14.3. The minimum absolute atomic E-state index is 0.0509. The van der Waals surface area contributed by atoms with Gasteiger partial charge in [0, 0.05) is 5.56 Å². The van der Waals surface area contributed by atoms with Gasteiger partial charge in [-0.3, -0.25) is 5.43 Å². The Balaban J connectivity index is 2.73. The van der Waals surface area contributed by atoms with Crippen LogP contribution in [-0.4, -0.2) is 17.9 Å². The maximum atomic E-state index is 13.2. The van der Waals surface area contributed by atoms with Crippen molar-refractivity contribution in [2.75, 3.05) is 6.61 Å². The summed E-state index contributed by atoms with van der Waals surface area (Å²) < 4.78 is 18.8. The first-order valence-electron chi connectivity index (χ1n) is 6.00. The molecule has 6 heteroatoms. The van der Waals surface area contributed by atoms with E-state index in [0.717, 1.165) is 6.42 Å². The Morgan fingerprint density at radius 1 is 1.58 bits per heavy atom. The lowest BCUT2D eigenvalue weighted by atomic mass is 10.1. The Labute approximate surface area is 117 Å². The third-order valence-corrected chi connectivity index (χ3v) is 2.39. The predicted molar refractivity (Wildman–Crippen MR) is 78.9 cm³/mol. The van der Waals surface area contributed by atoms with E-state index in [2.05, 4.69) is 36.6 Å². The van der Waals surface area contributed by atoms with Crippen LogP contribution in [0.4, 0.5) is 4.39 Å². The Morgan fingerprint density at radius 3 is 2.95 bits per heavy atom. The molecule has 4 nitrogen and oxygen atoms in total. The highest BCUT2D eigenvalue weighted by Gasteiger charge is 2.04. The second-order valence-corrected chi connectivity index (χ2v) is 4.89. The van der Waals surface area contributed by atoms with Crippen LogP contribution in [0, 0.1) is 11.7 Å². The molecule has 104 valence electrons. The fraction of sp³-hybridized carbons (Fsp3) is 0.385. The van der Waals surface area contributed by atoms with E-state index in [9.17, 15) is 4.39 Å². The molecule has 0 atom stereocenters. The Bertz CT molecular complexity index is 463. The number of ether oxygens (including phenoxy) is 1. The van der Waals surface area contributed by atoms with E-state index in [-0.39, 0.29) is 10.9 Å². The van der Waals surface area contributed by atoms with Gasteiger partial charge < -0.3 is 10.5 Å². The number of hydrogen-bond acceptors (Lipinski definition) is 3. The molecular formula is C13H18FN3OS. The molecule has 0 fully saturated rings. The number of thiocarbonyl (C=S) groups is 1. The van der Waals surface area contributed by atoms with Crippen LogP contribution in [0.1, 0.15) is 25.8 Å². The predicted octanol–water partition coefficient (Wildman–Crippen LogP) is 2.42. The molecule has 1 aromatic rings. The maximum Gasteiger partial charge on any atom is 0.184 e. The molecule has 0 spiro atoms. The second-order valence-electron chi connectivity index (χ2n) is 4.45. The van der Waals surface area contributed by atoms with Gasteiger partial charge in [0.25, 0.3) is 0 Å². The summed E-state index contributed by atoms with van der Waals surface area (Å²) in [4.78, 5) is 0. The second kappa shape index (κ2) is 7.68. The molecule has 3 N–H and O–H groups in total. The lowest BCUT2D eigenvalue weighted by Crippen LogP contribution is -2.24. The summed E-state index contributed by atoms with van der Waals surface area (Å²) in [5, 5.41) is 3.85. The van der Waals surface area contributed by atoms with Gasteiger partial charge in [-0.2, -0.15) is 5.10 Å². The number of nitrogens with zero attached hydrogens (tertiary/aromatic N) is 1. The molecule has 0 aliphatic carbocycles. The van der Waals surface area contributed by atoms with Crippen molar-refractivity contribution in [1.82, 2.24) is 5.43 Å². The number of hydrazone groups is 1. The first kappa shape index (κ1) is 15.4. The molecular weight excluding hydrogens is 265 g/mol. The number of benzene rings is 1. The van der Waals surface area contributed by atoms with Gasteiger partial charge in [0.05, 0.1) is 12.8 Å². The lowest BCUT2D eigenvalue weighted by molar-refractivity contribution is 0.289. The highest BCUT2D eigenvalue weighted by Crippen LogP contribution is 2.18. The fourth-order valence-electron chi connectivity index (χ4n) is 1.32. The van der Waals surface area contributed by atoms with E-state index in [1.165, 1.54) is 18.3 Å². The van der Waals surface area contributed by atoms with Gasteiger partial charge in [0.2, 0.25) is 0 Å². The van der Waals surface area contributed by atoms with Crippen molar-refractivity contribution in [2.45, 2.75) is 20.3 Å². The number of nitrogens with two attached hydrogens (primary N) is 1. The number of rotatable bonds is 6. The summed E-state index contributed by atoms with van der Waals surface area (Å²) in [6.07, 6.45) is 2.35. The van der Waals surface area contributed by atoms with Crippen molar-refractivity contribution in [3.63, 3.8) is 0 Å². The van der Waals surface area contributed by atoms with Crippen LogP contribution in [0.5, 0.6) is 5.75 Å². The van der Waals surface area contributed by atoms with Crippen molar-refractivity contribution in [3.8, 4) is 5.75 Å². The van der Waals surface area contributed by atoms with E-state index in [0.29, 0.717) is 23.8 Å². The van der Waals surface area contributed by atoms with Crippen LogP contribution >= 0.6 is 12.2 Å². The molecule has 1 aromatic carbocycles. The first-order valence-corrected chi connectivity index (χ1v) is 6.40. The molecule has 0 unspecified atom stereocenters. The normalized spacial score (nSPS) is 10.9. The third kappa shape index (κ3) is 6.15. The topological polar surface area (TPSA) is 59.6 Å². The summed E-state index contributed by atoms with van der Waals surface area (Å²) in [7, 11) is 0. The van der Waals surface area contributed by atoms with E-state index in [1.807, 2.05) is 0 Å². The molecule has 0 aromatic heterocycles. The average Bonchev–Trinajstić information content (AvgIpc) is 2.31. The number of nitrogens with one attached hydrogen (secondary N) is 1. The molecule has 0 radical (unpaired) electrons. The minimum Gasteiger partial charge on any atom is -0.493 e. The van der Waals surface area contributed by atoms with E-state index >= 15 is 0 Å². The van der Waals surface area contributed by atoms with E-state index < -0.39 is 0 Å². The van der Waals surface area contributed by atoms with Crippen LogP contribution in [0.3, 0.4) is 0 Å². The Hall–Kier alpha value is -1.69. The van der Waals surface area contributed by atoms with Crippen molar-refractivity contribution in [3.05, 3.63) is 29.6 Å². The van der Waals surface area contributed by atoms with Gasteiger partial charge in [-0.25, -0.2) is 4.39 Å². The molecule has 0 aliphatic heterocycles. The molecule has 0 bridgehead atoms. The SMILES string of the molecule is CC(C)CCOc1ccc(F)cc1C=NNC(N)=S. The van der Waals surface area contributed by atoms with Crippen molar-refractivity contribution < 1.29 is 9.13 Å². The first-order chi connectivity index (χ1) is 8.99. The van der Waals surface area contributed by atoms with Gasteiger partial charge in [0.1, 0.15) is 11.6 Å². The van der Waals surface area contributed by atoms with Crippen LogP contribution in [0.25, 0.3) is 0 Å². The lowest BCUT2D eigenvalue weighted by Gasteiger charge is -2.10.